The predicted molar refractivity (Wildman–Crippen MR) is 62.5 cm³/mol. The van der Waals surface area contributed by atoms with Gasteiger partial charge in [0.05, 0.1) is 18.4 Å². The number of hydrogen-bond acceptors (Lipinski definition) is 5. The van der Waals surface area contributed by atoms with E-state index in [2.05, 4.69) is 5.10 Å². The molecule has 98 valence electrons. The van der Waals surface area contributed by atoms with E-state index in [4.69, 9.17) is 14.2 Å². The molecule has 2 rings (SSSR count). The second-order valence-electron chi connectivity index (χ2n) is 3.83. The molecule has 2 heterocycles. The number of carbonyl (C=O) groups excluding carboxylic acids is 1. The zero-order chi connectivity index (χ0) is 12.8. The summed E-state index contributed by atoms with van der Waals surface area (Å²) in [6, 6.07) is 0. The van der Waals surface area contributed by atoms with Crippen LogP contribution >= 0.6 is 0 Å². The summed E-state index contributed by atoms with van der Waals surface area (Å²) in [5.74, 6) is -0.338. The molecule has 0 aliphatic carbocycles. The van der Waals surface area contributed by atoms with E-state index < -0.39 is 0 Å². The third-order valence-electron chi connectivity index (χ3n) is 2.49. The zero-order valence-corrected chi connectivity index (χ0v) is 10.2. The molecule has 0 N–H and O–H groups in total. The van der Waals surface area contributed by atoms with Crippen molar-refractivity contribution in [3.05, 3.63) is 30.5 Å². The molecule has 0 fully saturated rings. The van der Waals surface area contributed by atoms with Gasteiger partial charge in [0.15, 0.2) is 0 Å². The van der Waals surface area contributed by atoms with Crippen LogP contribution in [0.15, 0.2) is 24.9 Å². The fraction of sp³-hybridized carbons (Fsp3) is 0.500. The predicted octanol–water partition coefficient (Wildman–Crippen LogP) is 1.68. The summed E-state index contributed by atoms with van der Waals surface area (Å²) in [6.07, 6.45) is 7.73. The molecule has 0 amide bonds. The van der Waals surface area contributed by atoms with E-state index in [-0.39, 0.29) is 12.3 Å². The number of hydrogen-bond donors (Lipinski definition) is 0. The number of aromatic nitrogens is 2. The first kappa shape index (κ1) is 12.5. The molecule has 0 atom stereocenters. The lowest BCUT2D eigenvalue weighted by Crippen LogP contribution is -2.09. The highest BCUT2D eigenvalue weighted by Crippen LogP contribution is 2.12. The summed E-state index contributed by atoms with van der Waals surface area (Å²) >= 11 is 0. The molecular formula is C12H16N2O4. The van der Waals surface area contributed by atoms with Crippen molar-refractivity contribution in [2.24, 2.45) is 0 Å². The second kappa shape index (κ2) is 6.09. The molecule has 0 unspecified atom stereocenters. The van der Waals surface area contributed by atoms with Crippen LogP contribution in [0.2, 0.25) is 0 Å². The maximum atomic E-state index is 11.4. The van der Waals surface area contributed by atoms with Crippen molar-refractivity contribution >= 4 is 5.97 Å². The van der Waals surface area contributed by atoms with Gasteiger partial charge in [0.2, 0.25) is 6.29 Å². The number of ether oxygens (including phenoxy) is 3. The maximum Gasteiger partial charge on any atom is 0.341 e. The van der Waals surface area contributed by atoms with Gasteiger partial charge in [-0.05, 0) is 13.3 Å². The highest BCUT2D eigenvalue weighted by molar-refractivity contribution is 5.88. The van der Waals surface area contributed by atoms with Gasteiger partial charge in [0.25, 0.3) is 0 Å². The fourth-order valence-corrected chi connectivity index (χ4v) is 1.63. The van der Waals surface area contributed by atoms with Crippen molar-refractivity contribution in [2.45, 2.75) is 32.6 Å². The minimum Gasteiger partial charge on any atom is -0.462 e. The molecule has 1 aromatic heterocycles. The van der Waals surface area contributed by atoms with Crippen molar-refractivity contribution in [1.82, 2.24) is 9.78 Å². The van der Waals surface area contributed by atoms with Crippen molar-refractivity contribution in [3.8, 4) is 0 Å². The van der Waals surface area contributed by atoms with E-state index >= 15 is 0 Å². The van der Waals surface area contributed by atoms with Gasteiger partial charge in [0, 0.05) is 19.2 Å². The first-order valence-electron chi connectivity index (χ1n) is 5.95. The zero-order valence-electron chi connectivity index (χ0n) is 10.2. The van der Waals surface area contributed by atoms with Gasteiger partial charge in [-0.3, -0.25) is 4.68 Å². The number of esters is 1. The van der Waals surface area contributed by atoms with Gasteiger partial charge in [-0.25, -0.2) is 4.79 Å². The second-order valence-corrected chi connectivity index (χ2v) is 3.83. The fourth-order valence-electron chi connectivity index (χ4n) is 1.63. The summed E-state index contributed by atoms with van der Waals surface area (Å²) in [4.78, 5) is 11.4. The Morgan fingerprint density at radius 1 is 1.50 bits per heavy atom. The Bertz CT molecular complexity index is 419. The maximum absolute atomic E-state index is 11.4. The van der Waals surface area contributed by atoms with E-state index in [1.807, 2.05) is 0 Å². The lowest BCUT2D eigenvalue weighted by molar-refractivity contribution is -0.0299. The van der Waals surface area contributed by atoms with Crippen molar-refractivity contribution < 1.29 is 19.0 Å². The number of rotatable bonds is 6. The normalized spacial score (nSPS) is 14.3. The lowest BCUT2D eigenvalue weighted by Gasteiger charge is -2.09. The van der Waals surface area contributed by atoms with Crippen LogP contribution in [0.5, 0.6) is 0 Å². The molecule has 0 bridgehead atoms. The van der Waals surface area contributed by atoms with E-state index in [1.165, 1.54) is 18.7 Å². The van der Waals surface area contributed by atoms with Gasteiger partial charge in [-0.1, -0.05) is 0 Å². The van der Waals surface area contributed by atoms with Crippen molar-refractivity contribution in [2.75, 3.05) is 6.61 Å². The highest BCUT2D eigenvalue weighted by Gasteiger charge is 2.12. The van der Waals surface area contributed by atoms with Gasteiger partial charge in [-0.15, -0.1) is 0 Å². The van der Waals surface area contributed by atoms with Gasteiger partial charge in [0.1, 0.15) is 12.5 Å². The topological polar surface area (TPSA) is 62.6 Å². The van der Waals surface area contributed by atoms with Crippen LogP contribution in [-0.2, 0) is 20.8 Å². The minimum absolute atomic E-state index is 0.190. The Kier molecular flexibility index (Phi) is 4.22. The van der Waals surface area contributed by atoms with Crippen LogP contribution < -0.4 is 0 Å². The Balaban J connectivity index is 1.74. The quantitative estimate of drug-likeness (QED) is 0.721. The summed E-state index contributed by atoms with van der Waals surface area (Å²) < 4.78 is 16.9. The molecule has 0 saturated carbocycles. The van der Waals surface area contributed by atoms with Gasteiger partial charge < -0.3 is 14.2 Å². The molecule has 1 aliphatic heterocycles. The Labute approximate surface area is 105 Å². The molecular weight excluding hydrogens is 236 g/mol. The third-order valence-corrected chi connectivity index (χ3v) is 2.49. The van der Waals surface area contributed by atoms with Gasteiger partial charge >= 0.3 is 5.97 Å². The average Bonchev–Trinajstić information content (AvgIpc) is 3.00. The van der Waals surface area contributed by atoms with Crippen LogP contribution in [-0.4, -0.2) is 28.6 Å². The Morgan fingerprint density at radius 3 is 3.00 bits per heavy atom. The first-order valence-corrected chi connectivity index (χ1v) is 5.95. The molecule has 6 nitrogen and oxygen atoms in total. The summed E-state index contributed by atoms with van der Waals surface area (Å²) in [5.41, 5.74) is 0.479. The smallest absolute Gasteiger partial charge is 0.341 e. The van der Waals surface area contributed by atoms with Crippen LogP contribution in [0.3, 0.4) is 0 Å². The monoisotopic (exact) mass is 252 g/mol. The third kappa shape index (κ3) is 3.26. The van der Waals surface area contributed by atoms with Crippen LogP contribution in [0.1, 0.15) is 30.1 Å². The summed E-state index contributed by atoms with van der Waals surface area (Å²) in [7, 11) is 0. The van der Waals surface area contributed by atoms with E-state index in [1.54, 1.807) is 17.8 Å². The molecule has 1 aliphatic rings. The van der Waals surface area contributed by atoms with Crippen molar-refractivity contribution in [3.63, 3.8) is 0 Å². The van der Waals surface area contributed by atoms with Crippen LogP contribution in [0.25, 0.3) is 0 Å². The number of aryl methyl sites for hydroxylation is 1. The SMILES string of the molecule is CCOC(=O)c1cnn(CCCC2OC=CO2)c1. The summed E-state index contributed by atoms with van der Waals surface area (Å²) in [5, 5.41) is 4.10. The van der Waals surface area contributed by atoms with Crippen molar-refractivity contribution in [1.29, 1.82) is 0 Å². The minimum atomic E-state index is -0.338. The molecule has 0 spiro atoms. The van der Waals surface area contributed by atoms with Gasteiger partial charge in [-0.2, -0.15) is 5.10 Å². The average molecular weight is 252 g/mol. The molecule has 1 aromatic rings. The Hall–Kier alpha value is -1.98. The molecule has 18 heavy (non-hydrogen) atoms. The molecule has 6 heteroatoms. The molecule has 0 aromatic carbocycles. The lowest BCUT2D eigenvalue weighted by atomic mass is 10.3. The highest BCUT2D eigenvalue weighted by atomic mass is 16.7. The van der Waals surface area contributed by atoms with E-state index in [0.717, 1.165) is 12.8 Å². The standard InChI is InChI=1S/C12H16N2O4/c1-2-16-12(15)10-8-13-14(9-10)5-3-4-11-17-6-7-18-11/h6-9,11H,2-5H2,1H3. The van der Waals surface area contributed by atoms with E-state index in [0.29, 0.717) is 18.7 Å². The number of nitrogens with zero attached hydrogens (tertiary/aromatic N) is 2. The largest absolute Gasteiger partial charge is 0.462 e. The van der Waals surface area contributed by atoms with E-state index in [9.17, 15) is 4.79 Å². The molecule has 0 radical (unpaired) electrons. The Morgan fingerprint density at radius 2 is 2.28 bits per heavy atom. The molecule has 0 saturated heterocycles. The van der Waals surface area contributed by atoms with Crippen LogP contribution in [0, 0.1) is 0 Å². The van der Waals surface area contributed by atoms with Crippen LogP contribution in [0.4, 0.5) is 0 Å². The summed E-state index contributed by atoms with van der Waals surface area (Å²) in [6.45, 7) is 2.86. The first-order chi connectivity index (χ1) is 8.79. The number of carbonyl (C=O) groups is 1.